The van der Waals surface area contributed by atoms with Crippen LogP contribution < -0.4 is 0 Å². The van der Waals surface area contributed by atoms with Crippen molar-refractivity contribution in [2.24, 2.45) is 11.8 Å². The van der Waals surface area contributed by atoms with Gasteiger partial charge in [-0.3, -0.25) is 4.98 Å². The lowest BCUT2D eigenvalue weighted by molar-refractivity contribution is 0.0485. The molecule has 0 aliphatic heterocycles. The average molecular weight is 335 g/mol. The normalized spacial score (nSPS) is 11.0. The lowest BCUT2D eigenvalue weighted by Crippen LogP contribution is -2.15. The Kier molecular flexibility index (Phi) is 7.89. The topological polar surface area (TPSA) is 65.5 Å². The molecule has 5 nitrogen and oxygen atoms in total. The predicted molar refractivity (Wildman–Crippen MR) is 93.2 cm³/mol. The summed E-state index contributed by atoms with van der Waals surface area (Å²) in [4.78, 5) is 28.7. The molecule has 0 amide bonds. The molecule has 0 aliphatic carbocycles. The number of hydrogen-bond acceptors (Lipinski definition) is 5. The summed E-state index contributed by atoms with van der Waals surface area (Å²) in [6.45, 7) is 12.5. The van der Waals surface area contributed by atoms with Crippen molar-refractivity contribution in [2.45, 2.75) is 54.4 Å². The summed E-state index contributed by atoms with van der Waals surface area (Å²) in [6, 6.07) is 1.53. The number of rotatable bonds is 8. The summed E-state index contributed by atoms with van der Waals surface area (Å²) in [5, 5.41) is 0. The minimum absolute atomic E-state index is 0.320. The van der Waals surface area contributed by atoms with E-state index in [0.717, 1.165) is 12.8 Å². The Labute approximate surface area is 144 Å². The molecule has 1 rings (SSSR count). The van der Waals surface area contributed by atoms with Crippen LogP contribution in [0.3, 0.4) is 0 Å². The summed E-state index contributed by atoms with van der Waals surface area (Å²) < 4.78 is 10.6. The van der Waals surface area contributed by atoms with E-state index >= 15 is 0 Å². The van der Waals surface area contributed by atoms with Crippen LogP contribution in [-0.4, -0.2) is 30.1 Å². The summed E-state index contributed by atoms with van der Waals surface area (Å²) in [5.74, 6) is 0.0248. The highest BCUT2D eigenvalue weighted by Crippen LogP contribution is 2.16. The first-order valence-electron chi connectivity index (χ1n) is 8.54. The van der Waals surface area contributed by atoms with Crippen molar-refractivity contribution in [1.29, 1.82) is 0 Å². The van der Waals surface area contributed by atoms with E-state index in [1.165, 1.54) is 6.07 Å². The highest BCUT2D eigenvalue weighted by molar-refractivity contribution is 5.96. The summed E-state index contributed by atoms with van der Waals surface area (Å²) in [6.07, 6.45) is 1.60. The van der Waals surface area contributed by atoms with Crippen LogP contribution in [-0.2, 0) is 9.47 Å². The van der Waals surface area contributed by atoms with Gasteiger partial charge in [0.25, 0.3) is 0 Å². The van der Waals surface area contributed by atoms with Crippen LogP contribution in [0.15, 0.2) is 6.07 Å². The molecule has 0 radical (unpaired) electrons. The maximum absolute atomic E-state index is 12.2. The fourth-order valence-electron chi connectivity index (χ4n) is 2.07. The molecule has 0 atom stereocenters. The maximum Gasteiger partial charge on any atom is 0.340 e. The number of carbonyl (C=O) groups excluding carboxylic acids is 2. The summed E-state index contributed by atoms with van der Waals surface area (Å²) in [7, 11) is 0. The fraction of sp³-hybridized carbons (Fsp3) is 0.632. The van der Waals surface area contributed by atoms with Crippen molar-refractivity contribution < 1.29 is 19.1 Å². The average Bonchev–Trinajstić information content (AvgIpc) is 2.46. The lowest BCUT2D eigenvalue weighted by atomic mass is 10.1. The third-order valence-corrected chi connectivity index (χ3v) is 3.70. The van der Waals surface area contributed by atoms with E-state index in [4.69, 9.17) is 9.47 Å². The molecule has 24 heavy (non-hydrogen) atoms. The molecule has 0 N–H and O–H groups in total. The monoisotopic (exact) mass is 335 g/mol. The molecular weight excluding hydrogens is 306 g/mol. The van der Waals surface area contributed by atoms with Crippen LogP contribution in [0.1, 0.15) is 72.6 Å². The molecule has 1 heterocycles. The van der Waals surface area contributed by atoms with Crippen molar-refractivity contribution in [2.75, 3.05) is 13.2 Å². The SMILES string of the molecule is Cc1nc(C)c(C(=O)OCCC(C)C)cc1C(=O)OCCC(C)C. The number of nitrogens with zero attached hydrogens (tertiary/aromatic N) is 1. The molecule has 0 saturated heterocycles. The zero-order valence-corrected chi connectivity index (χ0v) is 15.6. The molecule has 0 spiro atoms. The van der Waals surface area contributed by atoms with Gasteiger partial charge in [0.1, 0.15) is 0 Å². The lowest BCUT2D eigenvalue weighted by Gasteiger charge is -2.12. The molecule has 0 saturated carbocycles. The first-order chi connectivity index (χ1) is 11.2. The molecule has 134 valence electrons. The molecule has 1 aromatic rings. The number of esters is 2. The Bertz CT molecular complexity index is 532. The van der Waals surface area contributed by atoms with Crippen molar-refractivity contribution in [3.8, 4) is 0 Å². The van der Waals surface area contributed by atoms with E-state index < -0.39 is 11.9 Å². The highest BCUT2D eigenvalue weighted by atomic mass is 16.5. The standard InChI is InChI=1S/C19H29NO4/c1-12(2)7-9-23-18(21)16-11-17(15(6)20-14(16)5)19(22)24-10-8-13(3)4/h11-13H,7-10H2,1-6H3. The Balaban J connectivity index is 2.84. The largest absolute Gasteiger partial charge is 0.462 e. The van der Waals surface area contributed by atoms with Gasteiger partial charge in [0.15, 0.2) is 0 Å². The van der Waals surface area contributed by atoms with E-state index in [2.05, 4.69) is 32.7 Å². The number of aromatic nitrogens is 1. The molecule has 0 unspecified atom stereocenters. The van der Waals surface area contributed by atoms with Gasteiger partial charge in [0, 0.05) is 0 Å². The zero-order valence-electron chi connectivity index (χ0n) is 15.6. The van der Waals surface area contributed by atoms with Crippen molar-refractivity contribution in [1.82, 2.24) is 4.98 Å². The third-order valence-electron chi connectivity index (χ3n) is 3.70. The number of aryl methyl sites for hydroxylation is 2. The first-order valence-corrected chi connectivity index (χ1v) is 8.54. The van der Waals surface area contributed by atoms with Crippen LogP contribution in [0, 0.1) is 25.7 Å². The van der Waals surface area contributed by atoms with Crippen LogP contribution in [0.4, 0.5) is 0 Å². The van der Waals surface area contributed by atoms with Gasteiger partial charge < -0.3 is 9.47 Å². The van der Waals surface area contributed by atoms with Gasteiger partial charge in [0.05, 0.1) is 35.7 Å². The fourth-order valence-corrected chi connectivity index (χ4v) is 2.07. The van der Waals surface area contributed by atoms with Crippen LogP contribution in [0.5, 0.6) is 0 Å². The molecule has 0 aromatic carbocycles. The zero-order chi connectivity index (χ0) is 18.3. The minimum Gasteiger partial charge on any atom is -0.462 e. The van der Waals surface area contributed by atoms with Gasteiger partial charge in [-0.15, -0.1) is 0 Å². The van der Waals surface area contributed by atoms with Gasteiger partial charge in [-0.2, -0.15) is 0 Å². The van der Waals surface area contributed by atoms with Crippen LogP contribution >= 0.6 is 0 Å². The molecule has 1 aromatic heterocycles. The molecule has 0 fully saturated rings. The Morgan fingerprint density at radius 1 is 0.875 bits per heavy atom. The van der Waals surface area contributed by atoms with E-state index in [1.807, 2.05) is 0 Å². The van der Waals surface area contributed by atoms with Crippen molar-refractivity contribution in [3.63, 3.8) is 0 Å². The highest BCUT2D eigenvalue weighted by Gasteiger charge is 2.19. The van der Waals surface area contributed by atoms with Gasteiger partial charge in [-0.1, -0.05) is 27.7 Å². The second-order valence-electron chi connectivity index (χ2n) is 6.89. The number of hydrogen-bond donors (Lipinski definition) is 0. The first kappa shape index (κ1) is 20.1. The second kappa shape index (κ2) is 9.40. The molecular formula is C19H29NO4. The van der Waals surface area contributed by atoms with E-state index in [-0.39, 0.29) is 0 Å². The van der Waals surface area contributed by atoms with Crippen LogP contribution in [0.2, 0.25) is 0 Å². The van der Waals surface area contributed by atoms with Crippen LogP contribution in [0.25, 0.3) is 0 Å². The Hall–Kier alpha value is -1.91. The van der Waals surface area contributed by atoms with E-state index in [9.17, 15) is 9.59 Å². The number of ether oxygens (including phenoxy) is 2. The third kappa shape index (κ3) is 6.30. The Morgan fingerprint density at radius 3 is 1.58 bits per heavy atom. The number of pyridine rings is 1. The molecule has 0 bridgehead atoms. The van der Waals surface area contributed by atoms with Crippen molar-refractivity contribution in [3.05, 3.63) is 28.6 Å². The summed E-state index contributed by atoms with van der Waals surface area (Å²) >= 11 is 0. The van der Waals surface area contributed by atoms with E-state index in [1.54, 1.807) is 13.8 Å². The molecule has 0 aliphatic rings. The number of carbonyl (C=O) groups is 2. The van der Waals surface area contributed by atoms with Gasteiger partial charge in [-0.25, -0.2) is 9.59 Å². The molecule has 5 heteroatoms. The smallest absolute Gasteiger partial charge is 0.340 e. The van der Waals surface area contributed by atoms with Gasteiger partial charge in [0.2, 0.25) is 0 Å². The van der Waals surface area contributed by atoms with Gasteiger partial charge >= 0.3 is 11.9 Å². The summed E-state index contributed by atoms with van der Waals surface area (Å²) in [5.41, 5.74) is 1.75. The maximum atomic E-state index is 12.2. The Morgan fingerprint density at radius 2 is 1.25 bits per heavy atom. The predicted octanol–water partition coefficient (Wildman–Crippen LogP) is 4.10. The quantitative estimate of drug-likeness (QED) is 0.669. The van der Waals surface area contributed by atoms with E-state index in [0.29, 0.717) is 47.6 Å². The van der Waals surface area contributed by atoms with Gasteiger partial charge in [-0.05, 0) is 44.6 Å². The second-order valence-corrected chi connectivity index (χ2v) is 6.89. The minimum atomic E-state index is -0.447. The van der Waals surface area contributed by atoms with Crippen molar-refractivity contribution >= 4 is 11.9 Å².